The van der Waals surface area contributed by atoms with E-state index in [9.17, 15) is 26.4 Å². The number of rotatable bonds is 6. The summed E-state index contributed by atoms with van der Waals surface area (Å²) in [5.41, 5.74) is 2.02. The third-order valence-corrected chi connectivity index (χ3v) is 8.46. The largest absolute Gasteiger partial charge is 0.304 e. The lowest BCUT2D eigenvalue weighted by atomic mass is 9.88. The molecule has 2 aliphatic rings. The van der Waals surface area contributed by atoms with Crippen molar-refractivity contribution in [1.82, 2.24) is 14.1 Å². The Bertz CT molecular complexity index is 1350. The van der Waals surface area contributed by atoms with E-state index in [0.717, 1.165) is 17.7 Å². The minimum absolute atomic E-state index is 0.0596. The van der Waals surface area contributed by atoms with Gasteiger partial charge in [0, 0.05) is 44.9 Å². The van der Waals surface area contributed by atoms with E-state index < -0.39 is 33.6 Å². The molecule has 0 bridgehead atoms. The quantitative estimate of drug-likeness (QED) is 0.483. The molecule has 3 aromatic rings. The van der Waals surface area contributed by atoms with Gasteiger partial charge in [-0.15, -0.1) is 0 Å². The summed E-state index contributed by atoms with van der Waals surface area (Å²) in [7, 11) is -3.77. The summed E-state index contributed by atoms with van der Waals surface area (Å²) >= 11 is 0. The molecular formula is C24H23F3N4O3S. The summed E-state index contributed by atoms with van der Waals surface area (Å²) in [6, 6.07) is 11.0. The number of halogens is 3. The molecule has 0 aliphatic carbocycles. The van der Waals surface area contributed by atoms with Gasteiger partial charge < -0.3 is 0 Å². The van der Waals surface area contributed by atoms with Gasteiger partial charge in [0.2, 0.25) is 0 Å². The van der Waals surface area contributed by atoms with Crippen LogP contribution < -0.4 is 4.31 Å². The van der Waals surface area contributed by atoms with E-state index in [4.69, 9.17) is 0 Å². The maximum Gasteiger partial charge on any atom is 0.304 e. The van der Waals surface area contributed by atoms with E-state index >= 15 is 0 Å². The average molecular weight is 505 g/mol. The van der Waals surface area contributed by atoms with Crippen LogP contribution in [0.3, 0.4) is 0 Å². The van der Waals surface area contributed by atoms with Gasteiger partial charge in [-0.2, -0.15) is 17.8 Å². The fraction of sp³-hybridized carbons (Fsp3) is 0.333. The fourth-order valence-corrected chi connectivity index (χ4v) is 6.34. The summed E-state index contributed by atoms with van der Waals surface area (Å²) in [4.78, 5) is 12.9. The second-order valence-electron chi connectivity index (χ2n) is 8.80. The number of hydrogen-bond acceptors (Lipinski definition) is 4. The second-order valence-corrected chi connectivity index (χ2v) is 10.7. The minimum Gasteiger partial charge on any atom is -0.299 e. The van der Waals surface area contributed by atoms with Crippen molar-refractivity contribution < 1.29 is 26.4 Å². The van der Waals surface area contributed by atoms with Gasteiger partial charge in [0.1, 0.15) is 5.78 Å². The van der Waals surface area contributed by atoms with Crippen LogP contribution in [0, 0.1) is 23.4 Å². The summed E-state index contributed by atoms with van der Waals surface area (Å²) in [5.74, 6) is -4.96. The number of benzene rings is 2. The summed E-state index contributed by atoms with van der Waals surface area (Å²) < 4.78 is 71.3. The standard InChI is InChI=1S/C24H23F3N4O3S/c25-19-10-17(11-20(26)24(19)27)12-23(32)18-6-7-30-21(13-18)22(14-28-30)31-9-8-29(35(31,33)34)15-16-4-2-1-3-5-16/h1-5,10-11,14,18H,6-9,12-13,15H2. The first-order valence-corrected chi connectivity index (χ1v) is 12.7. The molecule has 1 unspecified atom stereocenters. The van der Waals surface area contributed by atoms with Crippen molar-refractivity contribution in [3.8, 4) is 0 Å². The lowest BCUT2D eigenvalue weighted by Crippen LogP contribution is -2.34. The number of fused-ring (bicyclic) bond motifs is 1. The molecule has 3 heterocycles. The number of hydrogen-bond donors (Lipinski definition) is 0. The number of anilines is 1. The molecule has 7 nitrogen and oxygen atoms in total. The number of aromatic nitrogens is 2. The van der Waals surface area contributed by atoms with Crippen molar-refractivity contribution in [1.29, 1.82) is 0 Å². The molecule has 1 fully saturated rings. The van der Waals surface area contributed by atoms with Crippen LogP contribution in [0.15, 0.2) is 48.7 Å². The van der Waals surface area contributed by atoms with Crippen molar-refractivity contribution in [3.05, 3.63) is 82.9 Å². The van der Waals surface area contributed by atoms with Gasteiger partial charge in [0.25, 0.3) is 0 Å². The van der Waals surface area contributed by atoms with Crippen LogP contribution in [0.4, 0.5) is 18.9 Å². The van der Waals surface area contributed by atoms with Gasteiger partial charge in [-0.05, 0) is 29.7 Å². The molecule has 0 saturated carbocycles. The molecule has 184 valence electrons. The van der Waals surface area contributed by atoms with E-state index in [2.05, 4.69) is 5.10 Å². The molecule has 0 amide bonds. The van der Waals surface area contributed by atoms with E-state index in [-0.39, 0.29) is 37.3 Å². The first kappa shape index (κ1) is 23.6. The highest BCUT2D eigenvalue weighted by Gasteiger charge is 2.40. The Hall–Kier alpha value is -3.18. The van der Waals surface area contributed by atoms with Crippen molar-refractivity contribution >= 4 is 21.7 Å². The number of carbonyl (C=O) groups is 1. The molecule has 0 spiro atoms. The molecule has 1 saturated heterocycles. The monoisotopic (exact) mass is 504 g/mol. The van der Waals surface area contributed by atoms with Crippen molar-refractivity contribution in [2.45, 2.75) is 32.4 Å². The zero-order valence-corrected chi connectivity index (χ0v) is 19.5. The number of carbonyl (C=O) groups excluding carboxylic acids is 1. The zero-order chi connectivity index (χ0) is 24.7. The third kappa shape index (κ3) is 4.45. The molecule has 35 heavy (non-hydrogen) atoms. The molecule has 2 aliphatic heterocycles. The Morgan fingerprint density at radius 3 is 2.43 bits per heavy atom. The summed E-state index contributed by atoms with van der Waals surface area (Å²) in [6.45, 7) is 1.26. The highest BCUT2D eigenvalue weighted by Crippen LogP contribution is 2.34. The predicted octanol–water partition coefficient (Wildman–Crippen LogP) is 3.24. The van der Waals surface area contributed by atoms with E-state index in [1.165, 1.54) is 14.8 Å². The number of ketones is 1. The Labute approximate surface area is 200 Å². The highest BCUT2D eigenvalue weighted by molar-refractivity contribution is 7.90. The van der Waals surface area contributed by atoms with Gasteiger partial charge in [0.05, 0.1) is 17.6 Å². The maximum atomic E-state index is 13.6. The molecule has 5 rings (SSSR count). The van der Waals surface area contributed by atoms with E-state index in [1.54, 1.807) is 4.68 Å². The second kappa shape index (κ2) is 9.12. The summed E-state index contributed by atoms with van der Waals surface area (Å²) in [5, 5.41) is 4.33. The highest BCUT2D eigenvalue weighted by atomic mass is 32.2. The Kier molecular flexibility index (Phi) is 6.14. The Balaban J connectivity index is 1.33. The average Bonchev–Trinajstić information content (AvgIpc) is 3.37. The third-order valence-electron chi connectivity index (χ3n) is 6.56. The summed E-state index contributed by atoms with van der Waals surface area (Å²) in [6.07, 6.45) is 1.99. The zero-order valence-electron chi connectivity index (χ0n) is 18.7. The smallest absolute Gasteiger partial charge is 0.299 e. The van der Waals surface area contributed by atoms with Gasteiger partial charge in [0.15, 0.2) is 17.5 Å². The van der Waals surface area contributed by atoms with Crippen LogP contribution in [-0.2, 0) is 40.9 Å². The normalized spacial score (nSPS) is 19.6. The topological polar surface area (TPSA) is 75.5 Å². The maximum absolute atomic E-state index is 13.6. The number of nitrogens with zero attached hydrogens (tertiary/aromatic N) is 4. The number of aryl methyl sites for hydroxylation is 1. The van der Waals surface area contributed by atoms with Crippen LogP contribution in [0.2, 0.25) is 0 Å². The molecular weight excluding hydrogens is 481 g/mol. The van der Waals surface area contributed by atoms with Crippen LogP contribution >= 0.6 is 0 Å². The lowest BCUT2D eigenvalue weighted by Gasteiger charge is -2.26. The van der Waals surface area contributed by atoms with E-state index in [0.29, 0.717) is 30.9 Å². The molecule has 11 heteroatoms. The van der Waals surface area contributed by atoms with Gasteiger partial charge in [-0.25, -0.2) is 13.2 Å². The van der Waals surface area contributed by atoms with E-state index in [1.807, 2.05) is 30.3 Å². The van der Waals surface area contributed by atoms with Crippen LogP contribution in [0.5, 0.6) is 0 Å². The first-order valence-electron chi connectivity index (χ1n) is 11.3. The van der Waals surface area contributed by atoms with Crippen molar-refractivity contribution in [2.24, 2.45) is 5.92 Å². The SMILES string of the molecule is O=C(Cc1cc(F)c(F)c(F)c1)C1CCn2ncc(N3CCN(Cc4ccccc4)S3(=O)=O)c2C1. The van der Waals surface area contributed by atoms with Gasteiger partial charge in [-0.3, -0.25) is 13.8 Å². The molecule has 2 aromatic carbocycles. The van der Waals surface area contributed by atoms with Gasteiger partial charge in [-0.1, -0.05) is 30.3 Å². The minimum atomic E-state index is -3.77. The van der Waals surface area contributed by atoms with Crippen molar-refractivity contribution in [2.75, 3.05) is 17.4 Å². The molecule has 0 radical (unpaired) electrons. The van der Waals surface area contributed by atoms with Crippen LogP contribution in [0.25, 0.3) is 0 Å². The van der Waals surface area contributed by atoms with Gasteiger partial charge >= 0.3 is 10.2 Å². The Morgan fingerprint density at radius 1 is 1.00 bits per heavy atom. The molecule has 1 aromatic heterocycles. The molecule has 0 N–H and O–H groups in total. The van der Waals surface area contributed by atoms with Crippen LogP contribution in [-0.4, -0.2) is 41.4 Å². The lowest BCUT2D eigenvalue weighted by molar-refractivity contribution is -0.122. The Morgan fingerprint density at radius 2 is 1.71 bits per heavy atom. The molecule has 1 atom stereocenters. The predicted molar refractivity (Wildman–Crippen MR) is 122 cm³/mol. The first-order chi connectivity index (χ1) is 16.7. The van der Waals surface area contributed by atoms with Crippen molar-refractivity contribution in [3.63, 3.8) is 0 Å². The fourth-order valence-electron chi connectivity index (χ4n) is 4.72. The number of Topliss-reactive ketones (excluding diaryl/α,β-unsaturated/α-hetero) is 1. The van der Waals surface area contributed by atoms with Crippen LogP contribution in [0.1, 0.15) is 23.2 Å².